The zero-order chi connectivity index (χ0) is 16.2. The van der Waals surface area contributed by atoms with Crippen LogP contribution in [-0.2, 0) is 14.8 Å². The Morgan fingerprint density at radius 1 is 1.41 bits per heavy atom. The van der Waals surface area contributed by atoms with Crippen LogP contribution in [0.4, 0.5) is 11.4 Å². The summed E-state index contributed by atoms with van der Waals surface area (Å²) in [4.78, 5) is 10.1. The molecule has 0 bridgehead atoms. The number of hydrogen-bond acceptors (Lipinski definition) is 6. The summed E-state index contributed by atoms with van der Waals surface area (Å²) in [5, 5.41) is 18.9. The standard InChI is InChI=1S/C13H19N3O5S/c14-22(19,20)13-5-4-10(16(17)18)9-12(13)15-7-6-11-3-1-2-8-21-11/h4-5,9,11,15H,1-3,6-8H2,(H2,14,19,20). The zero-order valence-corrected chi connectivity index (χ0v) is 12.8. The fourth-order valence-electron chi connectivity index (χ4n) is 2.42. The molecule has 0 aliphatic carbocycles. The number of hydrogen-bond donors (Lipinski definition) is 2. The Hall–Kier alpha value is -1.71. The number of sulfonamides is 1. The molecule has 9 heteroatoms. The van der Waals surface area contributed by atoms with E-state index in [0.29, 0.717) is 13.0 Å². The number of primary sulfonamides is 1. The van der Waals surface area contributed by atoms with Gasteiger partial charge in [0.15, 0.2) is 0 Å². The molecule has 0 saturated carbocycles. The van der Waals surface area contributed by atoms with Gasteiger partial charge in [-0.05, 0) is 31.7 Å². The number of rotatable bonds is 6. The van der Waals surface area contributed by atoms with E-state index >= 15 is 0 Å². The van der Waals surface area contributed by atoms with Crippen molar-refractivity contribution in [2.45, 2.75) is 36.7 Å². The van der Waals surface area contributed by atoms with Crippen molar-refractivity contribution in [3.63, 3.8) is 0 Å². The molecule has 1 aliphatic rings. The molecule has 0 spiro atoms. The van der Waals surface area contributed by atoms with Crippen LogP contribution < -0.4 is 10.5 Å². The number of nitro groups is 1. The largest absolute Gasteiger partial charge is 0.384 e. The molecule has 2 rings (SSSR count). The van der Waals surface area contributed by atoms with E-state index in [1.807, 2.05) is 0 Å². The molecule has 1 fully saturated rings. The summed E-state index contributed by atoms with van der Waals surface area (Å²) in [6.45, 7) is 1.19. The Morgan fingerprint density at radius 3 is 2.77 bits per heavy atom. The van der Waals surface area contributed by atoms with Crippen LogP contribution in [0.25, 0.3) is 0 Å². The van der Waals surface area contributed by atoms with Crippen LogP contribution in [0.3, 0.4) is 0 Å². The van der Waals surface area contributed by atoms with Crippen molar-refractivity contribution in [1.29, 1.82) is 0 Å². The number of nitrogens with zero attached hydrogens (tertiary/aromatic N) is 1. The molecule has 122 valence electrons. The fourth-order valence-corrected chi connectivity index (χ4v) is 3.12. The minimum atomic E-state index is -3.95. The Kier molecular flexibility index (Phi) is 5.33. The average Bonchev–Trinajstić information content (AvgIpc) is 2.47. The zero-order valence-electron chi connectivity index (χ0n) is 12.0. The summed E-state index contributed by atoms with van der Waals surface area (Å²) < 4.78 is 28.7. The first-order valence-electron chi connectivity index (χ1n) is 7.04. The fraction of sp³-hybridized carbons (Fsp3) is 0.538. The number of non-ortho nitro benzene ring substituents is 1. The summed E-state index contributed by atoms with van der Waals surface area (Å²) in [7, 11) is -3.95. The maximum Gasteiger partial charge on any atom is 0.271 e. The third-order valence-electron chi connectivity index (χ3n) is 3.54. The number of anilines is 1. The highest BCUT2D eigenvalue weighted by Gasteiger charge is 2.19. The van der Waals surface area contributed by atoms with Crippen LogP contribution in [0.5, 0.6) is 0 Å². The Balaban J connectivity index is 2.09. The lowest BCUT2D eigenvalue weighted by molar-refractivity contribution is -0.384. The molecule has 1 atom stereocenters. The summed E-state index contributed by atoms with van der Waals surface area (Å²) in [5.41, 5.74) is -0.0451. The van der Waals surface area contributed by atoms with Gasteiger partial charge in [-0.2, -0.15) is 0 Å². The lowest BCUT2D eigenvalue weighted by Crippen LogP contribution is -2.22. The molecule has 1 aliphatic heterocycles. The topological polar surface area (TPSA) is 125 Å². The van der Waals surface area contributed by atoms with E-state index < -0.39 is 14.9 Å². The molecule has 3 N–H and O–H groups in total. The minimum absolute atomic E-state index is 0.137. The first kappa shape index (κ1) is 16.7. The van der Waals surface area contributed by atoms with Crippen LogP contribution in [-0.4, -0.2) is 32.6 Å². The van der Waals surface area contributed by atoms with E-state index in [1.165, 1.54) is 6.07 Å². The lowest BCUT2D eigenvalue weighted by atomic mass is 10.1. The average molecular weight is 329 g/mol. The molecule has 8 nitrogen and oxygen atoms in total. The van der Waals surface area contributed by atoms with Crippen molar-refractivity contribution in [2.24, 2.45) is 5.14 Å². The second-order valence-corrected chi connectivity index (χ2v) is 6.72. The highest BCUT2D eigenvalue weighted by molar-refractivity contribution is 7.89. The van der Waals surface area contributed by atoms with Crippen molar-refractivity contribution in [2.75, 3.05) is 18.5 Å². The summed E-state index contributed by atoms with van der Waals surface area (Å²) in [6.07, 6.45) is 3.98. The highest BCUT2D eigenvalue weighted by atomic mass is 32.2. The molecule has 1 heterocycles. The lowest BCUT2D eigenvalue weighted by Gasteiger charge is -2.22. The van der Waals surface area contributed by atoms with E-state index in [9.17, 15) is 18.5 Å². The van der Waals surface area contributed by atoms with Gasteiger partial charge >= 0.3 is 0 Å². The molecule has 0 aromatic heterocycles. The van der Waals surface area contributed by atoms with Gasteiger partial charge in [0, 0.05) is 25.3 Å². The predicted octanol–water partition coefficient (Wildman–Crippen LogP) is 1.61. The van der Waals surface area contributed by atoms with Gasteiger partial charge in [0.1, 0.15) is 4.90 Å². The van der Waals surface area contributed by atoms with E-state index in [-0.39, 0.29) is 22.4 Å². The van der Waals surface area contributed by atoms with Crippen LogP contribution in [0.1, 0.15) is 25.7 Å². The second-order valence-electron chi connectivity index (χ2n) is 5.19. The van der Waals surface area contributed by atoms with Gasteiger partial charge in [0.05, 0.1) is 16.7 Å². The van der Waals surface area contributed by atoms with Crippen molar-refractivity contribution in [1.82, 2.24) is 0 Å². The number of ether oxygens (including phenoxy) is 1. The maximum absolute atomic E-state index is 11.5. The molecule has 0 amide bonds. The van der Waals surface area contributed by atoms with Crippen molar-refractivity contribution >= 4 is 21.4 Å². The summed E-state index contributed by atoms with van der Waals surface area (Å²) in [6, 6.07) is 3.45. The van der Waals surface area contributed by atoms with E-state index in [4.69, 9.17) is 9.88 Å². The number of benzene rings is 1. The first-order chi connectivity index (χ1) is 10.4. The van der Waals surface area contributed by atoms with E-state index in [1.54, 1.807) is 0 Å². The van der Waals surface area contributed by atoms with E-state index in [0.717, 1.165) is 38.0 Å². The van der Waals surface area contributed by atoms with Crippen molar-refractivity contribution in [3.05, 3.63) is 28.3 Å². The van der Waals surface area contributed by atoms with Gasteiger partial charge in [-0.1, -0.05) is 0 Å². The van der Waals surface area contributed by atoms with Gasteiger partial charge < -0.3 is 10.1 Å². The first-order valence-corrected chi connectivity index (χ1v) is 8.59. The van der Waals surface area contributed by atoms with Gasteiger partial charge in [-0.15, -0.1) is 0 Å². The second kappa shape index (κ2) is 7.03. The van der Waals surface area contributed by atoms with Crippen LogP contribution in [0.15, 0.2) is 23.1 Å². The van der Waals surface area contributed by atoms with E-state index in [2.05, 4.69) is 5.32 Å². The van der Waals surface area contributed by atoms with Gasteiger partial charge in [0.2, 0.25) is 10.0 Å². The normalized spacial score (nSPS) is 18.9. The molecule has 1 aromatic carbocycles. The molecule has 22 heavy (non-hydrogen) atoms. The number of nitrogens with two attached hydrogens (primary N) is 1. The SMILES string of the molecule is NS(=O)(=O)c1ccc([N+](=O)[O-])cc1NCCC1CCCCO1. The van der Waals surface area contributed by atoms with Gasteiger partial charge in [-0.3, -0.25) is 10.1 Å². The van der Waals surface area contributed by atoms with Crippen LogP contribution in [0.2, 0.25) is 0 Å². The monoisotopic (exact) mass is 329 g/mol. The van der Waals surface area contributed by atoms with Gasteiger partial charge in [0.25, 0.3) is 5.69 Å². The summed E-state index contributed by atoms with van der Waals surface area (Å²) in [5.74, 6) is 0. The Labute approximate surface area is 128 Å². The Bertz CT molecular complexity index is 641. The molecule has 1 aromatic rings. The van der Waals surface area contributed by atoms with Crippen molar-refractivity contribution in [3.8, 4) is 0 Å². The number of nitrogens with one attached hydrogen (secondary N) is 1. The van der Waals surface area contributed by atoms with Crippen LogP contribution >= 0.6 is 0 Å². The van der Waals surface area contributed by atoms with Gasteiger partial charge in [-0.25, -0.2) is 13.6 Å². The molecule has 0 radical (unpaired) electrons. The molecular weight excluding hydrogens is 310 g/mol. The smallest absolute Gasteiger partial charge is 0.271 e. The van der Waals surface area contributed by atoms with Crippen LogP contribution in [0, 0.1) is 10.1 Å². The molecule has 1 unspecified atom stereocenters. The summed E-state index contributed by atoms with van der Waals surface area (Å²) >= 11 is 0. The third-order valence-corrected chi connectivity index (χ3v) is 4.51. The molecular formula is C13H19N3O5S. The third kappa shape index (κ3) is 4.39. The van der Waals surface area contributed by atoms with Crippen molar-refractivity contribution < 1.29 is 18.1 Å². The maximum atomic E-state index is 11.5. The molecule has 1 saturated heterocycles. The number of nitro benzene ring substituents is 1. The quantitative estimate of drug-likeness (QED) is 0.603. The minimum Gasteiger partial charge on any atom is -0.384 e. The highest BCUT2D eigenvalue weighted by Crippen LogP contribution is 2.26. The Morgan fingerprint density at radius 2 is 2.18 bits per heavy atom. The predicted molar refractivity (Wildman–Crippen MR) is 81.2 cm³/mol.